The molecule has 0 aromatic heterocycles. The fraction of sp³-hybridized carbons (Fsp3) is 0.333. The molecule has 0 heterocycles. The first-order valence-corrected chi connectivity index (χ1v) is 7.13. The van der Waals surface area contributed by atoms with Gasteiger partial charge in [0.1, 0.15) is 5.82 Å². The summed E-state index contributed by atoms with van der Waals surface area (Å²) in [6.07, 6.45) is 0. The van der Waals surface area contributed by atoms with Crippen molar-refractivity contribution in [2.75, 3.05) is 6.54 Å². The van der Waals surface area contributed by atoms with Gasteiger partial charge in [-0.2, -0.15) is 0 Å². The van der Waals surface area contributed by atoms with Crippen LogP contribution in [0.25, 0.3) is 11.1 Å². The topological polar surface area (TPSA) is 12.0 Å². The summed E-state index contributed by atoms with van der Waals surface area (Å²) >= 11 is 0. The maximum Gasteiger partial charge on any atom is 0.123 e. The first kappa shape index (κ1) is 14.7. The maximum absolute atomic E-state index is 13.7. The third-order valence-electron chi connectivity index (χ3n) is 3.68. The minimum Gasteiger partial charge on any atom is -0.310 e. The Kier molecular flexibility index (Phi) is 4.56. The highest BCUT2D eigenvalue weighted by atomic mass is 19.1. The zero-order valence-electron chi connectivity index (χ0n) is 12.6. The Bertz CT molecular complexity index is 604. The smallest absolute Gasteiger partial charge is 0.123 e. The predicted octanol–water partition coefficient (Wildman–Crippen LogP) is 4.78. The molecule has 2 aromatic carbocycles. The molecule has 2 aromatic rings. The van der Waals surface area contributed by atoms with E-state index in [1.54, 1.807) is 6.07 Å². The zero-order valence-corrected chi connectivity index (χ0v) is 12.6. The van der Waals surface area contributed by atoms with Crippen molar-refractivity contribution >= 4 is 0 Å². The lowest BCUT2D eigenvalue weighted by Crippen LogP contribution is -2.18. The summed E-state index contributed by atoms with van der Waals surface area (Å²) in [5.74, 6) is -0.187. The molecule has 20 heavy (non-hydrogen) atoms. The average Bonchev–Trinajstić information content (AvgIpc) is 2.41. The molecule has 1 nitrogen and oxygen atoms in total. The zero-order chi connectivity index (χ0) is 14.7. The predicted molar refractivity (Wildman–Crippen MR) is 83.4 cm³/mol. The van der Waals surface area contributed by atoms with E-state index in [9.17, 15) is 4.39 Å². The van der Waals surface area contributed by atoms with Gasteiger partial charge in [0.2, 0.25) is 0 Å². The number of aryl methyl sites for hydroxylation is 2. The molecule has 0 amide bonds. The minimum atomic E-state index is -0.187. The normalized spacial score (nSPS) is 12.4. The number of halogens is 1. The molecule has 1 N–H and O–H groups in total. The molecular weight excluding hydrogens is 249 g/mol. The van der Waals surface area contributed by atoms with E-state index in [4.69, 9.17) is 0 Å². The molecule has 1 atom stereocenters. The van der Waals surface area contributed by atoms with Crippen molar-refractivity contribution in [1.29, 1.82) is 0 Å². The van der Waals surface area contributed by atoms with Gasteiger partial charge in [-0.1, -0.05) is 36.8 Å². The van der Waals surface area contributed by atoms with Crippen LogP contribution in [-0.2, 0) is 0 Å². The van der Waals surface area contributed by atoms with Crippen LogP contribution in [0.5, 0.6) is 0 Å². The number of nitrogens with one attached hydrogen (secondary N) is 1. The van der Waals surface area contributed by atoms with E-state index in [0.717, 1.165) is 23.2 Å². The van der Waals surface area contributed by atoms with Gasteiger partial charge in [-0.3, -0.25) is 0 Å². The Balaban J connectivity index is 2.59. The van der Waals surface area contributed by atoms with Gasteiger partial charge in [-0.25, -0.2) is 4.39 Å². The van der Waals surface area contributed by atoms with Crippen LogP contribution in [0.15, 0.2) is 36.4 Å². The molecule has 0 fully saturated rings. The summed E-state index contributed by atoms with van der Waals surface area (Å²) in [5.41, 5.74) is 5.61. The summed E-state index contributed by atoms with van der Waals surface area (Å²) in [5, 5.41) is 3.40. The average molecular weight is 271 g/mol. The molecule has 1 unspecified atom stereocenters. The molecule has 0 saturated heterocycles. The molecule has 0 radical (unpaired) electrons. The SMILES string of the molecule is CCNC(C)c1ccc(F)cc1-c1cc(C)ccc1C. The Morgan fingerprint density at radius 2 is 1.80 bits per heavy atom. The van der Waals surface area contributed by atoms with Crippen molar-refractivity contribution in [3.8, 4) is 11.1 Å². The van der Waals surface area contributed by atoms with Crippen LogP contribution >= 0.6 is 0 Å². The van der Waals surface area contributed by atoms with E-state index in [0.29, 0.717) is 0 Å². The van der Waals surface area contributed by atoms with Crippen LogP contribution in [0.3, 0.4) is 0 Å². The summed E-state index contributed by atoms with van der Waals surface area (Å²) in [7, 11) is 0. The van der Waals surface area contributed by atoms with E-state index in [2.05, 4.69) is 51.2 Å². The Hall–Kier alpha value is -1.67. The van der Waals surface area contributed by atoms with Gasteiger partial charge in [0.15, 0.2) is 0 Å². The molecule has 0 spiro atoms. The lowest BCUT2D eigenvalue weighted by atomic mass is 9.91. The first-order chi connectivity index (χ1) is 9.52. The fourth-order valence-electron chi connectivity index (χ4n) is 2.58. The van der Waals surface area contributed by atoms with Gasteiger partial charge in [0.25, 0.3) is 0 Å². The van der Waals surface area contributed by atoms with Crippen molar-refractivity contribution in [3.05, 3.63) is 58.9 Å². The minimum absolute atomic E-state index is 0.187. The molecule has 0 aliphatic heterocycles. The van der Waals surface area contributed by atoms with Crippen LogP contribution in [0.1, 0.15) is 36.6 Å². The summed E-state index contributed by atoms with van der Waals surface area (Å²) in [4.78, 5) is 0. The second-order valence-electron chi connectivity index (χ2n) is 5.33. The van der Waals surface area contributed by atoms with Crippen molar-refractivity contribution in [2.24, 2.45) is 0 Å². The highest BCUT2D eigenvalue weighted by Gasteiger charge is 2.14. The first-order valence-electron chi connectivity index (χ1n) is 7.13. The number of rotatable bonds is 4. The summed E-state index contributed by atoms with van der Waals surface area (Å²) in [6.45, 7) is 9.23. The molecule has 0 saturated carbocycles. The number of benzene rings is 2. The lowest BCUT2D eigenvalue weighted by Gasteiger charge is -2.19. The summed E-state index contributed by atoms with van der Waals surface area (Å²) < 4.78 is 13.7. The van der Waals surface area contributed by atoms with E-state index in [-0.39, 0.29) is 11.9 Å². The highest BCUT2D eigenvalue weighted by molar-refractivity contribution is 5.71. The Morgan fingerprint density at radius 1 is 1.05 bits per heavy atom. The molecule has 0 aliphatic rings. The number of hydrogen-bond acceptors (Lipinski definition) is 1. The van der Waals surface area contributed by atoms with Gasteiger partial charge in [-0.05, 0) is 61.7 Å². The molecule has 106 valence electrons. The quantitative estimate of drug-likeness (QED) is 0.843. The van der Waals surface area contributed by atoms with Gasteiger partial charge in [0, 0.05) is 6.04 Å². The molecule has 2 heteroatoms. The third kappa shape index (κ3) is 3.07. The second-order valence-corrected chi connectivity index (χ2v) is 5.33. The van der Waals surface area contributed by atoms with Crippen LogP contribution < -0.4 is 5.32 Å². The van der Waals surface area contributed by atoms with Crippen LogP contribution in [0, 0.1) is 19.7 Å². The monoisotopic (exact) mass is 271 g/mol. The van der Waals surface area contributed by atoms with Crippen LogP contribution in [0.4, 0.5) is 4.39 Å². The number of hydrogen-bond donors (Lipinski definition) is 1. The Labute approximate surface area is 120 Å². The highest BCUT2D eigenvalue weighted by Crippen LogP contribution is 2.32. The van der Waals surface area contributed by atoms with Crippen LogP contribution in [0.2, 0.25) is 0 Å². The van der Waals surface area contributed by atoms with E-state index in [1.165, 1.54) is 17.2 Å². The van der Waals surface area contributed by atoms with Crippen LogP contribution in [-0.4, -0.2) is 6.54 Å². The summed E-state index contributed by atoms with van der Waals surface area (Å²) in [6, 6.07) is 11.6. The maximum atomic E-state index is 13.7. The largest absolute Gasteiger partial charge is 0.310 e. The van der Waals surface area contributed by atoms with E-state index >= 15 is 0 Å². The van der Waals surface area contributed by atoms with Crippen molar-refractivity contribution in [3.63, 3.8) is 0 Å². The van der Waals surface area contributed by atoms with Gasteiger partial charge >= 0.3 is 0 Å². The van der Waals surface area contributed by atoms with Crippen molar-refractivity contribution in [1.82, 2.24) is 5.32 Å². The van der Waals surface area contributed by atoms with E-state index in [1.807, 2.05) is 6.07 Å². The standard InChI is InChI=1S/C18H22FN/c1-5-20-14(4)16-9-8-15(19)11-18(16)17-10-12(2)6-7-13(17)3/h6-11,14,20H,5H2,1-4H3. The van der Waals surface area contributed by atoms with Gasteiger partial charge in [-0.15, -0.1) is 0 Å². The van der Waals surface area contributed by atoms with Crippen molar-refractivity contribution < 1.29 is 4.39 Å². The van der Waals surface area contributed by atoms with Gasteiger partial charge < -0.3 is 5.32 Å². The molecule has 0 aliphatic carbocycles. The molecule has 0 bridgehead atoms. The molecule has 2 rings (SSSR count). The molecular formula is C18H22FN. The third-order valence-corrected chi connectivity index (χ3v) is 3.68. The second kappa shape index (κ2) is 6.19. The lowest BCUT2D eigenvalue weighted by molar-refractivity contribution is 0.593. The van der Waals surface area contributed by atoms with Gasteiger partial charge in [0.05, 0.1) is 0 Å². The Morgan fingerprint density at radius 3 is 2.50 bits per heavy atom. The fourth-order valence-corrected chi connectivity index (χ4v) is 2.58. The van der Waals surface area contributed by atoms with E-state index < -0.39 is 0 Å². The van der Waals surface area contributed by atoms with Crippen molar-refractivity contribution in [2.45, 2.75) is 33.7 Å².